The van der Waals surface area contributed by atoms with E-state index in [1.54, 1.807) is 7.11 Å². The first-order chi connectivity index (χ1) is 8.85. The molecule has 0 aromatic heterocycles. The molecule has 0 N–H and O–H groups in total. The fourth-order valence-corrected chi connectivity index (χ4v) is 4.60. The second-order valence-electron chi connectivity index (χ2n) is 4.80. The Morgan fingerprint density at radius 1 is 1.26 bits per heavy atom. The maximum atomic E-state index is 11.4. The summed E-state index contributed by atoms with van der Waals surface area (Å²) < 4.78 is 29.1. The lowest BCUT2D eigenvalue weighted by atomic mass is 9.86. The summed E-state index contributed by atoms with van der Waals surface area (Å²) in [5, 5.41) is 0. The van der Waals surface area contributed by atoms with Crippen molar-refractivity contribution in [2.24, 2.45) is 0 Å². The van der Waals surface area contributed by atoms with Crippen molar-refractivity contribution in [2.45, 2.75) is 38.4 Å². The van der Waals surface area contributed by atoms with Crippen LogP contribution in [0.3, 0.4) is 0 Å². The fraction of sp³-hybridized carbons (Fsp3) is 0.538. The molecule has 1 aliphatic carbocycles. The van der Waals surface area contributed by atoms with Gasteiger partial charge < -0.3 is 4.74 Å². The smallest absolute Gasteiger partial charge is 0.236 e. The van der Waals surface area contributed by atoms with E-state index in [9.17, 15) is 8.42 Å². The lowest BCUT2D eigenvalue weighted by Crippen LogP contribution is -2.11. The van der Waals surface area contributed by atoms with Crippen molar-refractivity contribution < 1.29 is 13.2 Å². The minimum Gasteiger partial charge on any atom is -0.495 e. The average molecular weight is 368 g/mol. The molecule has 0 radical (unpaired) electrons. The number of benzene rings is 1. The molecule has 0 heterocycles. The summed E-state index contributed by atoms with van der Waals surface area (Å²) in [5.41, 5.74) is 4.16. The number of methoxy groups -OCH3 is 1. The van der Waals surface area contributed by atoms with E-state index in [2.05, 4.69) is 15.9 Å². The highest BCUT2D eigenvalue weighted by Crippen LogP contribution is 2.41. The summed E-state index contributed by atoms with van der Waals surface area (Å²) >= 11 is 3.56. The Hall–Kier alpha value is -0.260. The quantitative estimate of drug-likeness (QED) is 0.765. The van der Waals surface area contributed by atoms with Gasteiger partial charge in [0.1, 0.15) is 5.75 Å². The Labute approximate surface area is 126 Å². The minimum absolute atomic E-state index is 0.199. The molecule has 0 saturated heterocycles. The van der Waals surface area contributed by atoms with E-state index < -0.39 is 9.05 Å². The molecule has 19 heavy (non-hydrogen) atoms. The highest BCUT2D eigenvalue weighted by Gasteiger charge is 2.25. The maximum absolute atomic E-state index is 11.4. The number of rotatable bonds is 3. The van der Waals surface area contributed by atoms with Gasteiger partial charge in [-0.1, -0.05) is 0 Å². The zero-order valence-electron chi connectivity index (χ0n) is 10.9. The minimum atomic E-state index is -3.60. The van der Waals surface area contributed by atoms with E-state index in [0.29, 0.717) is 11.3 Å². The number of halogens is 2. The molecule has 0 aliphatic heterocycles. The van der Waals surface area contributed by atoms with Gasteiger partial charge in [0.05, 0.1) is 17.3 Å². The van der Waals surface area contributed by atoms with E-state index in [0.717, 1.165) is 35.7 Å². The van der Waals surface area contributed by atoms with E-state index in [4.69, 9.17) is 15.4 Å². The number of hydrogen-bond acceptors (Lipinski definition) is 3. The molecule has 0 atom stereocenters. The van der Waals surface area contributed by atoms with Gasteiger partial charge in [-0.2, -0.15) is 0 Å². The van der Waals surface area contributed by atoms with Gasteiger partial charge in [0, 0.05) is 16.2 Å². The van der Waals surface area contributed by atoms with Crippen LogP contribution in [0, 0.1) is 6.92 Å². The normalized spacial score (nSPS) is 15.2. The summed E-state index contributed by atoms with van der Waals surface area (Å²) in [6.07, 6.45) is 4.28. The van der Waals surface area contributed by atoms with Gasteiger partial charge in [0.2, 0.25) is 9.05 Å². The number of hydrogen-bond donors (Lipinski definition) is 0. The van der Waals surface area contributed by atoms with Gasteiger partial charge >= 0.3 is 0 Å². The summed E-state index contributed by atoms with van der Waals surface area (Å²) in [7, 11) is 3.36. The van der Waals surface area contributed by atoms with Crippen LogP contribution in [-0.2, 0) is 27.6 Å². The van der Waals surface area contributed by atoms with Crippen molar-refractivity contribution >= 4 is 35.7 Å². The summed E-state index contributed by atoms with van der Waals surface area (Å²) in [6.45, 7) is 1.95. The second kappa shape index (κ2) is 5.62. The van der Waals surface area contributed by atoms with Crippen molar-refractivity contribution in [1.29, 1.82) is 0 Å². The molecule has 0 fully saturated rings. The van der Waals surface area contributed by atoms with Crippen LogP contribution < -0.4 is 4.74 Å². The highest BCUT2D eigenvalue weighted by molar-refractivity contribution is 9.10. The van der Waals surface area contributed by atoms with Gasteiger partial charge in [-0.25, -0.2) is 8.42 Å². The lowest BCUT2D eigenvalue weighted by molar-refractivity contribution is 0.406. The molecule has 0 unspecified atom stereocenters. The molecule has 3 nitrogen and oxygen atoms in total. The molecule has 0 saturated carbocycles. The first kappa shape index (κ1) is 15.1. The average Bonchev–Trinajstić information content (AvgIpc) is 2.35. The van der Waals surface area contributed by atoms with Crippen LogP contribution in [0.1, 0.15) is 35.1 Å². The van der Waals surface area contributed by atoms with Gasteiger partial charge in [-0.3, -0.25) is 0 Å². The third-order valence-electron chi connectivity index (χ3n) is 3.63. The molecule has 6 heteroatoms. The Morgan fingerprint density at radius 3 is 2.37 bits per heavy atom. The van der Waals surface area contributed by atoms with Crippen LogP contribution in [0.25, 0.3) is 0 Å². The Morgan fingerprint density at radius 2 is 1.84 bits per heavy atom. The molecule has 0 amide bonds. The van der Waals surface area contributed by atoms with Crippen molar-refractivity contribution in [2.75, 3.05) is 7.11 Å². The van der Waals surface area contributed by atoms with Gasteiger partial charge in [-0.15, -0.1) is 0 Å². The lowest BCUT2D eigenvalue weighted by Gasteiger charge is -2.24. The van der Waals surface area contributed by atoms with Crippen LogP contribution in [0.5, 0.6) is 5.75 Å². The molecule has 106 valence electrons. The third-order valence-corrected chi connectivity index (χ3v) is 5.43. The molecular weight excluding hydrogens is 352 g/mol. The van der Waals surface area contributed by atoms with Crippen LogP contribution in [0.15, 0.2) is 4.47 Å². The molecule has 2 rings (SSSR count). The molecule has 1 aromatic rings. The van der Waals surface area contributed by atoms with Crippen molar-refractivity contribution in [3.05, 3.63) is 26.7 Å². The largest absolute Gasteiger partial charge is 0.495 e. The van der Waals surface area contributed by atoms with E-state index >= 15 is 0 Å². The van der Waals surface area contributed by atoms with Gasteiger partial charge in [0.15, 0.2) is 0 Å². The Bertz CT molecular complexity index is 611. The van der Waals surface area contributed by atoms with Crippen molar-refractivity contribution in [1.82, 2.24) is 0 Å². The summed E-state index contributed by atoms with van der Waals surface area (Å²) in [5.74, 6) is 0.400. The monoisotopic (exact) mass is 366 g/mol. The van der Waals surface area contributed by atoms with Crippen molar-refractivity contribution in [3.63, 3.8) is 0 Å². The summed E-state index contributed by atoms with van der Waals surface area (Å²) in [4.78, 5) is 0. The predicted molar refractivity (Wildman–Crippen MR) is 80.5 cm³/mol. The maximum Gasteiger partial charge on any atom is 0.236 e. The van der Waals surface area contributed by atoms with Crippen LogP contribution in [0.4, 0.5) is 0 Å². The Kier molecular flexibility index (Phi) is 4.48. The topological polar surface area (TPSA) is 43.4 Å². The highest BCUT2D eigenvalue weighted by atomic mass is 79.9. The summed E-state index contributed by atoms with van der Waals surface area (Å²) in [6, 6.07) is 0. The van der Waals surface area contributed by atoms with Crippen LogP contribution in [-0.4, -0.2) is 15.5 Å². The second-order valence-corrected chi connectivity index (χ2v) is 8.37. The molecule has 0 bridgehead atoms. The van der Waals surface area contributed by atoms with Crippen LogP contribution >= 0.6 is 26.6 Å². The van der Waals surface area contributed by atoms with Crippen LogP contribution in [0.2, 0.25) is 0 Å². The molecular formula is C13H16BrClO3S. The Balaban J connectivity index is 2.68. The first-order valence-electron chi connectivity index (χ1n) is 6.14. The van der Waals surface area contributed by atoms with Crippen molar-refractivity contribution in [3.8, 4) is 5.75 Å². The third kappa shape index (κ3) is 3.09. The van der Waals surface area contributed by atoms with E-state index in [1.807, 2.05) is 6.92 Å². The molecule has 1 aromatic carbocycles. The SMILES string of the molecule is COc1c(Br)c2c(c(C)c1CS(=O)(=O)Cl)CCCC2. The standard InChI is InChI=1S/C13H16BrClO3S/c1-8-9-5-3-4-6-10(9)12(14)13(18-2)11(8)7-19(15,16)17/h3-7H2,1-2H3. The first-order valence-corrected chi connectivity index (χ1v) is 9.41. The van der Waals surface area contributed by atoms with Gasteiger partial charge in [0.25, 0.3) is 0 Å². The molecule has 1 aliphatic rings. The predicted octanol–water partition coefficient (Wildman–Crippen LogP) is 3.71. The number of ether oxygens (including phenoxy) is 1. The van der Waals surface area contributed by atoms with E-state index in [-0.39, 0.29) is 5.75 Å². The zero-order valence-corrected chi connectivity index (χ0v) is 14.1. The fourth-order valence-electron chi connectivity index (χ4n) is 2.74. The molecule has 0 spiro atoms. The zero-order chi connectivity index (χ0) is 14.2. The van der Waals surface area contributed by atoms with E-state index in [1.165, 1.54) is 11.1 Å². The number of fused-ring (bicyclic) bond motifs is 1. The van der Waals surface area contributed by atoms with Gasteiger partial charge in [-0.05, 0) is 65.2 Å².